The molecule has 2 heterocycles. The highest BCUT2D eigenvalue weighted by Crippen LogP contribution is 2.25. The summed E-state index contributed by atoms with van der Waals surface area (Å²) in [5, 5.41) is 0. The lowest BCUT2D eigenvalue weighted by atomic mass is 10.2. The fraction of sp³-hybridized carbons (Fsp3) is 0.385. The summed E-state index contributed by atoms with van der Waals surface area (Å²) in [5.74, 6) is 0. The van der Waals surface area contributed by atoms with E-state index in [9.17, 15) is 4.79 Å². The Morgan fingerprint density at radius 1 is 1.44 bits per heavy atom. The summed E-state index contributed by atoms with van der Waals surface area (Å²) in [7, 11) is 0. The summed E-state index contributed by atoms with van der Waals surface area (Å²) in [6.07, 6.45) is 3.03. The van der Waals surface area contributed by atoms with Gasteiger partial charge in [-0.3, -0.25) is 9.55 Å². The predicted molar refractivity (Wildman–Crippen MR) is 73.8 cm³/mol. The highest BCUT2D eigenvalue weighted by molar-refractivity contribution is 9.10. The summed E-state index contributed by atoms with van der Waals surface area (Å²) >= 11 is 3.42. The number of aromatic nitrogens is 2. The van der Waals surface area contributed by atoms with Crippen LogP contribution in [0.5, 0.6) is 0 Å². The maximum Gasteiger partial charge on any atom is 0.419 e. The van der Waals surface area contributed by atoms with E-state index in [1.165, 1.54) is 4.57 Å². The van der Waals surface area contributed by atoms with Crippen LogP contribution in [0.25, 0.3) is 11.0 Å². The van der Waals surface area contributed by atoms with Crippen molar-refractivity contribution in [2.24, 2.45) is 0 Å². The molecule has 0 saturated heterocycles. The van der Waals surface area contributed by atoms with Crippen molar-refractivity contribution in [2.75, 3.05) is 0 Å². The van der Waals surface area contributed by atoms with Crippen LogP contribution in [0.15, 0.2) is 22.9 Å². The topological polar surface area (TPSA) is 44.1 Å². The quantitative estimate of drug-likeness (QED) is 0.741. The fourth-order valence-corrected chi connectivity index (χ4v) is 1.99. The molecule has 0 bridgehead atoms. The molecule has 0 saturated carbocycles. The van der Waals surface area contributed by atoms with Crippen molar-refractivity contribution >= 4 is 33.1 Å². The average Bonchev–Trinajstić information content (AvgIpc) is 2.65. The molecule has 0 aliphatic rings. The Hall–Kier alpha value is -1.36. The van der Waals surface area contributed by atoms with E-state index >= 15 is 0 Å². The highest BCUT2D eigenvalue weighted by atomic mass is 79.9. The number of pyridine rings is 1. The zero-order valence-corrected chi connectivity index (χ0v) is 12.4. The highest BCUT2D eigenvalue weighted by Gasteiger charge is 2.20. The van der Waals surface area contributed by atoms with Crippen LogP contribution in [0.1, 0.15) is 26.3 Å². The molecule has 0 unspecified atom stereocenters. The first-order valence-electron chi connectivity index (χ1n) is 5.65. The van der Waals surface area contributed by atoms with Gasteiger partial charge in [-0.2, -0.15) is 0 Å². The molecule has 0 fully saturated rings. The molecule has 96 valence electrons. The van der Waals surface area contributed by atoms with Gasteiger partial charge in [-0.15, -0.1) is 0 Å². The Bertz CT molecular complexity index is 611. The van der Waals surface area contributed by atoms with E-state index < -0.39 is 5.60 Å². The second-order valence-corrected chi connectivity index (χ2v) is 5.99. The summed E-state index contributed by atoms with van der Waals surface area (Å²) in [4.78, 5) is 16.4. The number of nitrogens with zero attached hydrogens (tertiary/aromatic N) is 2. The minimum Gasteiger partial charge on any atom is -0.443 e. The maximum atomic E-state index is 12.1. The van der Waals surface area contributed by atoms with E-state index in [0.29, 0.717) is 0 Å². The second kappa shape index (κ2) is 4.39. The van der Waals surface area contributed by atoms with Gasteiger partial charge in [0.25, 0.3) is 0 Å². The Morgan fingerprint density at radius 3 is 2.72 bits per heavy atom. The maximum absolute atomic E-state index is 12.1. The smallest absolute Gasteiger partial charge is 0.419 e. The number of ether oxygens (including phenoxy) is 1. The van der Waals surface area contributed by atoms with E-state index in [4.69, 9.17) is 4.74 Å². The first-order chi connectivity index (χ1) is 8.29. The number of fused-ring (bicyclic) bond motifs is 1. The lowest BCUT2D eigenvalue weighted by Gasteiger charge is -2.20. The van der Waals surface area contributed by atoms with Crippen LogP contribution in [0.3, 0.4) is 0 Å². The van der Waals surface area contributed by atoms with Crippen LogP contribution >= 0.6 is 15.9 Å². The zero-order chi connectivity index (χ0) is 13.5. The van der Waals surface area contributed by atoms with Crippen molar-refractivity contribution in [3.05, 3.63) is 28.5 Å². The molecule has 0 radical (unpaired) electrons. The number of carbonyl (C=O) groups excluding carboxylic acids is 1. The molecule has 4 nitrogen and oxygen atoms in total. The van der Waals surface area contributed by atoms with Crippen molar-refractivity contribution < 1.29 is 9.53 Å². The molecular weight excluding hydrogens is 296 g/mol. The molecule has 0 amide bonds. The summed E-state index contributed by atoms with van der Waals surface area (Å²) in [6, 6.07) is 1.80. The molecule has 0 aromatic carbocycles. The Balaban J connectivity index is 2.52. The van der Waals surface area contributed by atoms with Crippen LogP contribution in [0, 0.1) is 6.92 Å². The standard InChI is InChI=1S/C13H15BrN2O2/c1-8-9(14)7-15-10-5-6-16(11(8)10)12(17)18-13(2,3)4/h5-7H,1-4H3. The zero-order valence-electron chi connectivity index (χ0n) is 10.8. The van der Waals surface area contributed by atoms with Crippen LogP contribution in [-0.2, 0) is 4.74 Å². The normalized spacial score (nSPS) is 11.8. The summed E-state index contributed by atoms with van der Waals surface area (Å²) in [6.45, 7) is 7.47. The van der Waals surface area contributed by atoms with Gasteiger partial charge in [-0.25, -0.2) is 4.79 Å². The largest absolute Gasteiger partial charge is 0.443 e. The number of aryl methyl sites for hydroxylation is 1. The van der Waals surface area contributed by atoms with E-state index in [2.05, 4.69) is 20.9 Å². The van der Waals surface area contributed by atoms with Gasteiger partial charge in [0.15, 0.2) is 0 Å². The number of rotatable bonds is 0. The summed E-state index contributed by atoms with van der Waals surface area (Å²) < 4.78 is 7.73. The molecule has 18 heavy (non-hydrogen) atoms. The number of hydrogen-bond acceptors (Lipinski definition) is 3. The second-order valence-electron chi connectivity index (χ2n) is 5.13. The van der Waals surface area contributed by atoms with Gasteiger partial charge in [-0.05, 0) is 55.3 Å². The van der Waals surface area contributed by atoms with Crippen LogP contribution in [-0.4, -0.2) is 21.2 Å². The minimum absolute atomic E-state index is 0.388. The van der Waals surface area contributed by atoms with Crippen molar-refractivity contribution in [2.45, 2.75) is 33.3 Å². The molecule has 0 atom stereocenters. The SMILES string of the molecule is Cc1c(Br)cnc2ccn(C(=O)OC(C)(C)C)c12. The molecule has 0 spiro atoms. The van der Waals surface area contributed by atoms with E-state index in [1.807, 2.05) is 27.7 Å². The number of halogens is 1. The van der Waals surface area contributed by atoms with Crippen LogP contribution < -0.4 is 0 Å². The minimum atomic E-state index is -0.513. The first-order valence-corrected chi connectivity index (χ1v) is 6.44. The third-order valence-corrected chi connectivity index (χ3v) is 3.29. The van der Waals surface area contributed by atoms with E-state index in [1.54, 1.807) is 18.5 Å². The molecule has 2 aromatic rings. The molecule has 0 aliphatic carbocycles. The van der Waals surface area contributed by atoms with Gasteiger partial charge in [0.2, 0.25) is 0 Å². The van der Waals surface area contributed by atoms with Gasteiger partial charge in [0.05, 0.1) is 11.0 Å². The van der Waals surface area contributed by atoms with Crippen molar-refractivity contribution in [3.63, 3.8) is 0 Å². The lowest BCUT2D eigenvalue weighted by Crippen LogP contribution is -2.26. The first kappa shape index (κ1) is 13.1. The Morgan fingerprint density at radius 2 is 2.11 bits per heavy atom. The summed E-state index contributed by atoms with van der Waals surface area (Å²) in [5.41, 5.74) is 2.01. The van der Waals surface area contributed by atoms with Crippen molar-refractivity contribution in [3.8, 4) is 0 Å². The molecule has 2 aromatic heterocycles. The van der Waals surface area contributed by atoms with Crippen molar-refractivity contribution in [1.82, 2.24) is 9.55 Å². The van der Waals surface area contributed by atoms with Crippen LogP contribution in [0.2, 0.25) is 0 Å². The predicted octanol–water partition coefficient (Wildman–Crippen LogP) is 3.89. The lowest BCUT2D eigenvalue weighted by molar-refractivity contribution is 0.0544. The molecule has 0 N–H and O–H groups in total. The van der Waals surface area contributed by atoms with Gasteiger partial charge in [0.1, 0.15) is 5.60 Å². The van der Waals surface area contributed by atoms with Gasteiger partial charge in [0, 0.05) is 16.9 Å². The third-order valence-electron chi connectivity index (χ3n) is 2.49. The van der Waals surface area contributed by atoms with E-state index in [0.717, 1.165) is 21.1 Å². The third kappa shape index (κ3) is 2.41. The van der Waals surface area contributed by atoms with Gasteiger partial charge >= 0.3 is 6.09 Å². The van der Waals surface area contributed by atoms with Gasteiger partial charge in [-0.1, -0.05) is 0 Å². The Labute approximate surface area is 114 Å². The van der Waals surface area contributed by atoms with Crippen LogP contribution in [0.4, 0.5) is 4.79 Å². The fourth-order valence-electron chi connectivity index (χ4n) is 1.70. The monoisotopic (exact) mass is 310 g/mol. The van der Waals surface area contributed by atoms with Gasteiger partial charge < -0.3 is 4.74 Å². The van der Waals surface area contributed by atoms with Crippen molar-refractivity contribution in [1.29, 1.82) is 0 Å². The number of hydrogen-bond donors (Lipinski definition) is 0. The molecule has 2 rings (SSSR count). The average molecular weight is 311 g/mol. The van der Waals surface area contributed by atoms with E-state index in [-0.39, 0.29) is 6.09 Å². The Kier molecular flexibility index (Phi) is 3.19. The molecular formula is C13H15BrN2O2. The number of carbonyl (C=O) groups is 1. The molecule has 0 aliphatic heterocycles. The molecule has 5 heteroatoms.